The van der Waals surface area contributed by atoms with Gasteiger partial charge in [0.05, 0.1) is 11.7 Å². The summed E-state index contributed by atoms with van der Waals surface area (Å²) in [5.74, 6) is 0. The summed E-state index contributed by atoms with van der Waals surface area (Å²) in [5, 5.41) is 0. The van der Waals surface area contributed by atoms with E-state index in [0.29, 0.717) is 4.99 Å². The van der Waals surface area contributed by atoms with Gasteiger partial charge in [-0.05, 0) is 39.0 Å². The molecule has 1 fully saturated rings. The van der Waals surface area contributed by atoms with Gasteiger partial charge in [0.15, 0.2) is 0 Å². The minimum absolute atomic E-state index is 0.173. The second kappa shape index (κ2) is 5.38. The van der Waals surface area contributed by atoms with Crippen molar-refractivity contribution in [2.75, 3.05) is 18.0 Å². The lowest BCUT2D eigenvalue weighted by Crippen LogP contribution is -2.52. The van der Waals surface area contributed by atoms with Gasteiger partial charge in [-0.1, -0.05) is 28.1 Å². The topological polar surface area (TPSA) is 38.5 Å². The van der Waals surface area contributed by atoms with Crippen molar-refractivity contribution in [1.82, 2.24) is 0 Å². The molecule has 0 amide bonds. The molecule has 1 unspecified atom stereocenters. The first-order valence-corrected chi connectivity index (χ1v) is 7.51. The minimum atomic E-state index is -0.173. The third-order valence-corrected chi connectivity index (χ3v) is 3.85. The van der Waals surface area contributed by atoms with Crippen LogP contribution in [0.1, 0.15) is 26.3 Å². The minimum Gasteiger partial charge on any atom is -0.389 e. The number of hydrogen-bond donors (Lipinski definition) is 1. The molecule has 5 heteroatoms. The van der Waals surface area contributed by atoms with Crippen LogP contribution in [0, 0.1) is 0 Å². The molecular weight excluding hydrogens is 324 g/mol. The molecule has 2 N–H and O–H groups in total. The maximum atomic E-state index is 5.94. The molecule has 0 aliphatic carbocycles. The van der Waals surface area contributed by atoms with Crippen LogP contribution >= 0.6 is 28.1 Å². The van der Waals surface area contributed by atoms with Crippen LogP contribution < -0.4 is 10.6 Å². The fraction of sp³-hybridized carbons (Fsp3) is 0.500. The summed E-state index contributed by atoms with van der Waals surface area (Å²) in [4.78, 5) is 2.73. The maximum absolute atomic E-state index is 5.94. The van der Waals surface area contributed by atoms with E-state index in [1.54, 1.807) is 0 Å². The number of nitrogens with zero attached hydrogens (tertiary/aromatic N) is 1. The van der Waals surface area contributed by atoms with E-state index < -0.39 is 0 Å². The molecule has 19 heavy (non-hydrogen) atoms. The molecular formula is C14H19BrN2OS. The monoisotopic (exact) mass is 342 g/mol. The summed E-state index contributed by atoms with van der Waals surface area (Å²) in [6.45, 7) is 7.97. The quantitative estimate of drug-likeness (QED) is 0.838. The normalized spacial score (nSPS) is 22.3. The van der Waals surface area contributed by atoms with Crippen LogP contribution in [-0.2, 0) is 4.74 Å². The van der Waals surface area contributed by atoms with E-state index in [-0.39, 0.29) is 11.7 Å². The number of hydrogen-bond acceptors (Lipinski definition) is 3. The number of nitrogens with two attached hydrogens (primary N) is 1. The van der Waals surface area contributed by atoms with Crippen LogP contribution in [-0.4, -0.2) is 29.8 Å². The van der Waals surface area contributed by atoms with E-state index in [1.165, 1.54) is 0 Å². The van der Waals surface area contributed by atoms with E-state index in [4.69, 9.17) is 22.7 Å². The van der Waals surface area contributed by atoms with Crippen LogP contribution in [0.5, 0.6) is 0 Å². The number of anilines is 1. The van der Waals surface area contributed by atoms with Gasteiger partial charge < -0.3 is 15.4 Å². The smallest absolute Gasteiger partial charge is 0.106 e. The van der Waals surface area contributed by atoms with E-state index >= 15 is 0 Å². The summed E-state index contributed by atoms with van der Waals surface area (Å²) >= 11 is 8.67. The highest BCUT2D eigenvalue weighted by molar-refractivity contribution is 9.10. The Labute approximate surface area is 128 Å². The van der Waals surface area contributed by atoms with Crippen LogP contribution in [0.3, 0.4) is 0 Å². The maximum Gasteiger partial charge on any atom is 0.106 e. The predicted octanol–water partition coefficient (Wildman–Crippen LogP) is 3.09. The van der Waals surface area contributed by atoms with Gasteiger partial charge in [0.25, 0.3) is 0 Å². The number of ether oxygens (including phenoxy) is 1. The molecule has 0 radical (unpaired) electrons. The van der Waals surface area contributed by atoms with Gasteiger partial charge >= 0.3 is 0 Å². The van der Waals surface area contributed by atoms with Crippen molar-refractivity contribution in [2.45, 2.75) is 32.5 Å². The van der Waals surface area contributed by atoms with Crippen molar-refractivity contribution < 1.29 is 4.74 Å². The first-order chi connectivity index (χ1) is 8.78. The fourth-order valence-corrected chi connectivity index (χ4v) is 3.13. The molecule has 3 nitrogen and oxygen atoms in total. The van der Waals surface area contributed by atoms with Crippen LogP contribution in [0.2, 0.25) is 0 Å². The summed E-state index contributed by atoms with van der Waals surface area (Å²) in [7, 11) is 0. The van der Waals surface area contributed by atoms with Crippen molar-refractivity contribution in [3.63, 3.8) is 0 Å². The van der Waals surface area contributed by atoms with Crippen molar-refractivity contribution in [2.24, 2.45) is 5.73 Å². The lowest BCUT2D eigenvalue weighted by Gasteiger charge is -2.43. The highest BCUT2D eigenvalue weighted by Gasteiger charge is 2.32. The Balaban J connectivity index is 2.40. The second-order valence-corrected chi connectivity index (χ2v) is 6.95. The summed E-state index contributed by atoms with van der Waals surface area (Å²) in [6.07, 6.45) is 0.182. The number of morpholine rings is 1. The number of halogens is 1. The number of benzene rings is 1. The van der Waals surface area contributed by atoms with Crippen LogP contribution in [0.15, 0.2) is 22.7 Å². The van der Waals surface area contributed by atoms with Crippen LogP contribution in [0.4, 0.5) is 5.69 Å². The summed E-state index contributed by atoms with van der Waals surface area (Å²) < 4.78 is 6.97. The van der Waals surface area contributed by atoms with Gasteiger partial charge in [-0.2, -0.15) is 0 Å². The number of rotatable bonds is 2. The van der Waals surface area contributed by atoms with Gasteiger partial charge in [-0.15, -0.1) is 0 Å². The molecule has 1 aromatic rings. The van der Waals surface area contributed by atoms with E-state index in [9.17, 15) is 0 Å². The summed E-state index contributed by atoms with van der Waals surface area (Å²) in [6, 6.07) is 6.00. The highest BCUT2D eigenvalue weighted by Crippen LogP contribution is 2.30. The standard InChI is InChI=1S/C14H19BrN2OS/c1-9-7-17(8-14(2,3)18-9)12-6-10(15)4-5-11(12)13(16)19/h4-6,9H,7-8H2,1-3H3,(H2,16,19). The number of thiocarbonyl (C=S) groups is 1. The second-order valence-electron chi connectivity index (χ2n) is 5.59. The average Bonchev–Trinajstić information content (AvgIpc) is 2.25. The summed E-state index contributed by atoms with van der Waals surface area (Å²) in [5.41, 5.74) is 7.65. The Bertz CT molecular complexity index is 504. The first kappa shape index (κ1) is 14.8. The Morgan fingerprint density at radius 2 is 2.21 bits per heavy atom. The Hall–Kier alpha value is -0.650. The zero-order valence-electron chi connectivity index (χ0n) is 11.4. The van der Waals surface area contributed by atoms with Gasteiger partial charge in [-0.3, -0.25) is 0 Å². The Morgan fingerprint density at radius 3 is 2.79 bits per heavy atom. The van der Waals surface area contributed by atoms with Crippen molar-refractivity contribution >= 4 is 38.8 Å². The van der Waals surface area contributed by atoms with Gasteiger partial charge in [0.1, 0.15) is 4.99 Å². The molecule has 1 heterocycles. The molecule has 104 valence electrons. The first-order valence-electron chi connectivity index (χ1n) is 6.30. The van der Waals surface area contributed by atoms with Crippen LogP contribution in [0.25, 0.3) is 0 Å². The molecule has 1 aromatic carbocycles. The molecule has 1 aliphatic heterocycles. The molecule has 0 spiro atoms. The van der Waals surface area contributed by atoms with Gasteiger partial charge in [0.2, 0.25) is 0 Å². The average molecular weight is 343 g/mol. The highest BCUT2D eigenvalue weighted by atomic mass is 79.9. The Morgan fingerprint density at radius 1 is 1.53 bits per heavy atom. The molecule has 0 aromatic heterocycles. The van der Waals surface area contributed by atoms with Gasteiger partial charge in [-0.25, -0.2) is 0 Å². The molecule has 0 saturated carbocycles. The lowest BCUT2D eigenvalue weighted by atomic mass is 10.0. The molecule has 1 atom stereocenters. The van der Waals surface area contributed by atoms with E-state index in [1.807, 2.05) is 12.1 Å². The zero-order chi connectivity index (χ0) is 14.2. The molecule has 2 rings (SSSR count). The molecule has 1 aliphatic rings. The third kappa shape index (κ3) is 3.46. The van der Waals surface area contributed by atoms with Gasteiger partial charge in [0, 0.05) is 28.8 Å². The lowest BCUT2D eigenvalue weighted by molar-refractivity contribution is -0.0749. The van der Waals surface area contributed by atoms with E-state index in [0.717, 1.165) is 28.8 Å². The molecule has 0 bridgehead atoms. The predicted molar refractivity (Wildman–Crippen MR) is 86.9 cm³/mol. The SMILES string of the molecule is CC1CN(c2cc(Br)ccc2C(N)=S)CC(C)(C)O1. The Kier molecular flexibility index (Phi) is 4.18. The van der Waals surface area contributed by atoms with Crippen molar-refractivity contribution in [3.8, 4) is 0 Å². The fourth-order valence-electron chi connectivity index (χ4n) is 2.61. The zero-order valence-corrected chi connectivity index (χ0v) is 13.8. The molecule has 1 saturated heterocycles. The van der Waals surface area contributed by atoms with E-state index in [2.05, 4.69) is 47.7 Å². The largest absolute Gasteiger partial charge is 0.389 e. The van der Waals surface area contributed by atoms with Crippen molar-refractivity contribution in [1.29, 1.82) is 0 Å². The third-order valence-electron chi connectivity index (χ3n) is 3.14. The van der Waals surface area contributed by atoms with Crippen molar-refractivity contribution in [3.05, 3.63) is 28.2 Å².